The van der Waals surface area contributed by atoms with E-state index in [4.69, 9.17) is 14.2 Å². The van der Waals surface area contributed by atoms with E-state index in [0.717, 1.165) is 0 Å². The molecule has 1 unspecified atom stereocenters. The molecule has 0 saturated heterocycles. The fourth-order valence-corrected chi connectivity index (χ4v) is 4.30. The van der Waals surface area contributed by atoms with Gasteiger partial charge in [0.1, 0.15) is 17.5 Å². The first-order valence-corrected chi connectivity index (χ1v) is 13.7. The summed E-state index contributed by atoms with van der Waals surface area (Å²) in [7, 11) is 4.42. The standard InChI is InChI=1S/C33H32N4O8/c1-43-24-15-10-21(11-16-24)30(39)34-26-7-5-4-6-25(26)32(41)35-27(18-20-8-13-23(38)14-9-20)33(42)37-36-31(40)22-12-17-28(44-2)29(19-22)45-3/h4-17,19,27,38H,18H2,1-3H3,(H,34,39)(H,35,41)(H,36,40)(H,37,42). The molecule has 0 spiro atoms. The van der Waals surface area contributed by atoms with Gasteiger partial charge in [-0.3, -0.25) is 30.0 Å². The number of benzene rings is 4. The first-order chi connectivity index (χ1) is 21.7. The van der Waals surface area contributed by atoms with Crippen LogP contribution in [0.5, 0.6) is 23.0 Å². The van der Waals surface area contributed by atoms with E-state index >= 15 is 0 Å². The molecule has 0 aliphatic heterocycles. The van der Waals surface area contributed by atoms with Crippen molar-refractivity contribution in [3.63, 3.8) is 0 Å². The van der Waals surface area contributed by atoms with Crippen LogP contribution in [-0.4, -0.2) is 56.1 Å². The van der Waals surface area contributed by atoms with Gasteiger partial charge >= 0.3 is 0 Å². The van der Waals surface area contributed by atoms with Crippen molar-refractivity contribution < 1.29 is 38.5 Å². The van der Waals surface area contributed by atoms with Gasteiger partial charge in [0.25, 0.3) is 23.6 Å². The molecule has 45 heavy (non-hydrogen) atoms. The molecule has 4 rings (SSSR count). The second-order valence-corrected chi connectivity index (χ2v) is 9.64. The number of carbonyl (C=O) groups excluding carboxylic acids is 4. The second kappa shape index (κ2) is 14.9. The number of rotatable bonds is 11. The molecule has 0 aliphatic rings. The molecule has 5 N–H and O–H groups in total. The molecular weight excluding hydrogens is 580 g/mol. The Hall–Kier alpha value is -6.04. The van der Waals surface area contributed by atoms with Gasteiger partial charge in [0.15, 0.2) is 11.5 Å². The Morgan fingerprint density at radius 1 is 0.689 bits per heavy atom. The molecule has 0 bridgehead atoms. The number of aromatic hydroxyl groups is 1. The van der Waals surface area contributed by atoms with Gasteiger partial charge in [-0.1, -0.05) is 24.3 Å². The van der Waals surface area contributed by atoms with Crippen molar-refractivity contribution in [3.8, 4) is 23.0 Å². The van der Waals surface area contributed by atoms with Crippen LogP contribution in [0.3, 0.4) is 0 Å². The highest BCUT2D eigenvalue weighted by Crippen LogP contribution is 2.27. The number of ether oxygens (including phenoxy) is 3. The topological polar surface area (TPSA) is 164 Å². The smallest absolute Gasteiger partial charge is 0.269 e. The average Bonchev–Trinajstić information content (AvgIpc) is 3.07. The summed E-state index contributed by atoms with van der Waals surface area (Å²) in [6.07, 6.45) is 0.0183. The number of phenolic OH excluding ortho intramolecular Hbond substituents is 1. The Morgan fingerprint density at radius 2 is 1.36 bits per heavy atom. The molecule has 1 atom stereocenters. The van der Waals surface area contributed by atoms with Crippen LogP contribution >= 0.6 is 0 Å². The molecular formula is C33H32N4O8. The number of nitrogens with one attached hydrogen (secondary N) is 4. The SMILES string of the molecule is COc1ccc(C(=O)Nc2ccccc2C(=O)NC(Cc2ccc(O)cc2)C(=O)NNC(=O)c2ccc(OC)c(OC)c2)cc1. The van der Waals surface area contributed by atoms with Crippen molar-refractivity contribution in [2.24, 2.45) is 0 Å². The van der Waals surface area contributed by atoms with E-state index in [1.807, 2.05) is 0 Å². The zero-order chi connectivity index (χ0) is 32.3. The van der Waals surface area contributed by atoms with Crippen LogP contribution in [0.2, 0.25) is 0 Å². The molecule has 4 amide bonds. The maximum Gasteiger partial charge on any atom is 0.269 e. The summed E-state index contributed by atoms with van der Waals surface area (Å²) in [4.78, 5) is 52.5. The zero-order valence-corrected chi connectivity index (χ0v) is 24.7. The Balaban J connectivity index is 1.51. The van der Waals surface area contributed by atoms with Gasteiger partial charge in [-0.15, -0.1) is 0 Å². The second-order valence-electron chi connectivity index (χ2n) is 9.64. The van der Waals surface area contributed by atoms with E-state index in [1.165, 1.54) is 51.7 Å². The highest BCUT2D eigenvalue weighted by atomic mass is 16.5. The summed E-state index contributed by atoms with van der Waals surface area (Å²) >= 11 is 0. The highest BCUT2D eigenvalue weighted by Gasteiger charge is 2.25. The van der Waals surface area contributed by atoms with Crippen LogP contribution < -0.4 is 35.7 Å². The van der Waals surface area contributed by atoms with Crippen molar-refractivity contribution in [3.05, 3.63) is 113 Å². The third kappa shape index (κ3) is 8.29. The Kier molecular flexibility index (Phi) is 10.6. The summed E-state index contributed by atoms with van der Waals surface area (Å²) in [6.45, 7) is 0. The fourth-order valence-electron chi connectivity index (χ4n) is 4.30. The molecule has 0 heterocycles. The number of para-hydroxylation sites is 1. The summed E-state index contributed by atoms with van der Waals surface area (Å²) in [6, 6.07) is 22.3. The van der Waals surface area contributed by atoms with Gasteiger partial charge in [-0.05, 0) is 72.3 Å². The molecule has 0 aliphatic carbocycles. The Bertz CT molecular complexity index is 1670. The lowest BCUT2D eigenvalue weighted by Crippen LogP contribution is -2.53. The number of hydrogen-bond acceptors (Lipinski definition) is 8. The largest absolute Gasteiger partial charge is 0.508 e. The average molecular weight is 613 g/mol. The minimum Gasteiger partial charge on any atom is -0.508 e. The maximum absolute atomic E-state index is 13.5. The van der Waals surface area contributed by atoms with Gasteiger partial charge in [0.05, 0.1) is 32.6 Å². The monoisotopic (exact) mass is 612 g/mol. The number of amides is 4. The van der Waals surface area contributed by atoms with Gasteiger partial charge < -0.3 is 30.0 Å². The number of hydrazine groups is 1. The molecule has 232 valence electrons. The third-order valence-electron chi connectivity index (χ3n) is 6.72. The molecule has 0 aromatic heterocycles. The number of methoxy groups -OCH3 is 3. The molecule has 0 radical (unpaired) electrons. The van der Waals surface area contributed by atoms with Crippen LogP contribution in [0.15, 0.2) is 91.0 Å². The minimum absolute atomic E-state index is 0.0183. The van der Waals surface area contributed by atoms with Crippen LogP contribution in [-0.2, 0) is 11.2 Å². The van der Waals surface area contributed by atoms with Crippen molar-refractivity contribution >= 4 is 29.3 Å². The molecule has 4 aromatic rings. The summed E-state index contributed by atoms with van der Waals surface area (Å²) in [5.41, 5.74) is 6.20. The van der Waals surface area contributed by atoms with Gasteiger partial charge in [-0.25, -0.2) is 0 Å². The Morgan fingerprint density at radius 3 is 2.02 bits per heavy atom. The van der Waals surface area contributed by atoms with E-state index in [9.17, 15) is 24.3 Å². The van der Waals surface area contributed by atoms with Crippen molar-refractivity contribution in [1.29, 1.82) is 0 Å². The van der Waals surface area contributed by atoms with Gasteiger partial charge in [0.2, 0.25) is 0 Å². The van der Waals surface area contributed by atoms with Crippen LogP contribution in [0.1, 0.15) is 36.6 Å². The predicted octanol–water partition coefficient (Wildman–Crippen LogP) is 3.47. The number of phenols is 1. The van der Waals surface area contributed by atoms with E-state index in [-0.39, 0.29) is 29.0 Å². The van der Waals surface area contributed by atoms with E-state index < -0.39 is 29.7 Å². The lowest BCUT2D eigenvalue weighted by Gasteiger charge is -2.20. The quantitative estimate of drug-likeness (QED) is 0.161. The summed E-state index contributed by atoms with van der Waals surface area (Å²) in [5, 5.41) is 15.1. The summed E-state index contributed by atoms with van der Waals surface area (Å²) < 4.78 is 15.5. The van der Waals surface area contributed by atoms with Crippen LogP contribution in [0.25, 0.3) is 0 Å². The molecule has 4 aromatic carbocycles. The number of anilines is 1. The molecule has 12 heteroatoms. The molecule has 12 nitrogen and oxygen atoms in total. The number of hydrogen-bond donors (Lipinski definition) is 5. The zero-order valence-electron chi connectivity index (χ0n) is 24.7. The molecule has 0 saturated carbocycles. The van der Waals surface area contributed by atoms with Crippen molar-refractivity contribution in [1.82, 2.24) is 16.2 Å². The lowest BCUT2D eigenvalue weighted by molar-refractivity contribution is -0.123. The first kappa shape index (κ1) is 31.9. The summed E-state index contributed by atoms with van der Waals surface area (Å²) in [5.74, 6) is -1.07. The highest BCUT2D eigenvalue weighted by molar-refractivity contribution is 6.09. The number of carbonyl (C=O) groups is 4. The van der Waals surface area contributed by atoms with Crippen molar-refractivity contribution in [2.75, 3.05) is 26.6 Å². The minimum atomic E-state index is -1.17. The predicted molar refractivity (Wildman–Crippen MR) is 166 cm³/mol. The first-order valence-electron chi connectivity index (χ1n) is 13.7. The van der Waals surface area contributed by atoms with E-state index in [2.05, 4.69) is 21.5 Å². The van der Waals surface area contributed by atoms with Crippen molar-refractivity contribution in [2.45, 2.75) is 12.5 Å². The lowest BCUT2D eigenvalue weighted by atomic mass is 10.0. The maximum atomic E-state index is 13.5. The van der Waals surface area contributed by atoms with Gasteiger partial charge in [-0.2, -0.15) is 0 Å². The normalized spacial score (nSPS) is 11.0. The van der Waals surface area contributed by atoms with Crippen LogP contribution in [0, 0.1) is 0 Å². The molecule has 0 fully saturated rings. The van der Waals surface area contributed by atoms with Gasteiger partial charge in [0, 0.05) is 17.5 Å². The van der Waals surface area contributed by atoms with E-state index in [1.54, 1.807) is 60.7 Å². The fraction of sp³-hybridized carbons (Fsp3) is 0.152. The third-order valence-corrected chi connectivity index (χ3v) is 6.72. The van der Waals surface area contributed by atoms with Crippen LogP contribution in [0.4, 0.5) is 5.69 Å². The Labute approximate surface area is 259 Å². The van der Waals surface area contributed by atoms with E-state index in [0.29, 0.717) is 28.4 Å².